The monoisotopic (exact) mass is 315 g/mol. The van der Waals surface area contributed by atoms with Crippen LogP contribution in [0.4, 0.5) is 23.1 Å². The molecular weight excluding hydrogens is 298 g/mol. The summed E-state index contributed by atoms with van der Waals surface area (Å²) in [6.45, 7) is 2.05. The summed E-state index contributed by atoms with van der Waals surface area (Å²) in [5, 5.41) is 7.70. The molecule has 0 aliphatic rings. The largest absolute Gasteiger partial charge is 0.359 e. The van der Waals surface area contributed by atoms with Crippen LogP contribution in [-0.2, 0) is 0 Å². The topological polar surface area (TPSA) is 65.6 Å². The van der Waals surface area contributed by atoms with Gasteiger partial charge in [0, 0.05) is 34.2 Å². The first-order chi connectivity index (χ1) is 11.8. The Morgan fingerprint density at radius 1 is 0.875 bits per heavy atom. The van der Waals surface area contributed by atoms with Gasteiger partial charge in [-0.2, -0.15) is 4.98 Å². The number of hydrogen-bond acceptors (Lipinski definition) is 4. The first kappa shape index (κ1) is 14.3. The molecule has 0 amide bonds. The van der Waals surface area contributed by atoms with Gasteiger partial charge < -0.3 is 15.6 Å². The van der Waals surface area contributed by atoms with Crippen molar-refractivity contribution in [1.29, 1.82) is 0 Å². The van der Waals surface area contributed by atoms with E-state index in [1.807, 2.05) is 42.5 Å². The van der Waals surface area contributed by atoms with E-state index in [1.54, 1.807) is 6.20 Å². The molecule has 0 aliphatic heterocycles. The quantitative estimate of drug-likeness (QED) is 0.508. The fourth-order valence-electron chi connectivity index (χ4n) is 2.64. The molecule has 3 N–H and O–H groups in total. The molecule has 4 aromatic rings. The van der Waals surface area contributed by atoms with Crippen molar-refractivity contribution < 1.29 is 0 Å². The van der Waals surface area contributed by atoms with Crippen molar-refractivity contribution in [3.05, 3.63) is 72.6 Å². The highest BCUT2D eigenvalue weighted by atomic mass is 15.1. The molecule has 5 nitrogen and oxygen atoms in total. The van der Waals surface area contributed by atoms with E-state index < -0.39 is 0 Å². The van der Waals surface area contributed by atoms with Gasteiger partial charge in [0.05, 0.1) is 0 Å². The molecule has 2 heterocycles. The molecule has 0 saturated heterocycles. The SMILES string of the molecule is Cc1cc2cc(Nc3ccnc(Nc4ccccc4)n3)ccc2[nH]1. The number of aryl methyl sites for hydroxylation is 1. The van der Waals surface area contributed by atoms with Crippen molar-refractivity contribution in [2.24, 2.45) is 0 Å². The number of anilines is 4. The summed E-state index contributed by atoms with van der Waals surface area (Å²) in [4.78, 5) is 12.1. The lowest BCUT2D eigenvalue weighted by atomic mass is 10.2. The third-order valence-corrected chi connectivity index (χ3v) is 3.71. The van der Waals surface area contributed by atoms with Gasteiger partial charge in [-0.25, -0.2) is 4.98 Å². The van der Waals surface area contributed by atoms with Crippen molar-refractivity contribution >= 4 is 34.0 Å². The zero-order valence-electron chi connectivity index (χ0n) is 13.2. The highest BCUT2D eigenvalue weighted by Gasteiger charge is 2.03. The molecule has 0 atom stereocenters. The Balaban J connectivity index is 1.56. The minimum atomic E-state index is 0.560. The zero-order valence-corrected chi connectivity index (χ0v) is 13.2. The van der Waals surface area contributed by atoms with Gasteiger partial charge in [0.1, 0.15) is 5.82 Å². The first-order valence-corrected chi connectivity index (χ1v) is 7.78. The van der Waals surface area contributed by atoms with Crippen molar-refractivity contribution in [1.82, 2.24) is 15.0 Å². The highest BCUT2D eigenvalue weighted by molar-refractivity contribution is 5.84. The van der Waals surface area contributed by atoms with E-state index in [4.69, 9.17) is 0 Å². The molecule has 118 valence electrons. The van der Waals surface area contributed by atoms with Crippen LogP contribution in [0.5, 0.6) is 0 Å². The zero-order chi connectivity index (χ0) is 16.4. The predicted octanol–water partition coefficient (Wildman–Crippen LogP) is 4.75. The van der Waals surface area contributed by atoms with Crippen LogP contribution in [-0.4, -0.2) is 15.0 Å². The lowest BCUT2D eigenvalue weighted by Gasteiger charge is -2.08. The smallest absolute Gasteiger partial charge is 0.229 e. The number of nitrogens with zero attached hydrogens (tertiary/aromatic N) is 2. The van der Waals surface area contributed by atoms with E-state index in [0.29, 0.717) is 5.95 Å². The van der Waals surface area contributed by atoms with E-state index in [0.717, 1.165) is 28.4 Å². The lowest BCUT2D eigenvalue weighted by molar-refractivity contribution is 1.17. The molecule has 2 aromatic heterocycles. The molecule has 5 heteroatoms. The Morgan fingerprint density at radius 3 is 2.62 bits per heavy atom. The molecule has 2 aromatic carbocycles. The normalized spacial score (nSPS) is 10.7. The maximum absolute atomic E-state index is 4.51. The van der Waals surface area contributed by atoms with Gasteiger partial charge in [-0.1, -0.05) is 18.2 Å². The minimum Gasteiger partial charge on any atom is -0.359 e. The van der Waals surface area contributed by atoms with E-state index in [9.17, 15) is 0 Å². The number of hydrogen-bond donors (Lipinski definition) is 3. The summed E-state index contributed by atoms with van der Waals surface area (Å²) in [5.74, 6) is 1.31. The third-order valence-electron chi connectivity index (χ3n) is 3.71. The molecule has 24 heavy (non-hydrogen) atoms. The predicted molar refractivity (Wildman–Crippen MR) is 98.1 cm³/mol. The molecule has 0 bridgehead atoms. The van der Waals surface area contributed by atoms with Crippen molar-refractivity contribution in [2.75, 3.05) is 10.6 Å². The second-order valence-corrected chi connectivity index (χ2v) is 5.64. The fourth-order valence-corrected chi connectivity index (χ4v) is 2.64. The van der Waals surface area contributed by atoms with Crippen LogP contribution >= 0.6 is 0 Å². The van der Waals surface area contributed by atoms with Gasteiger partial charge in [0.15, 0.2) is 0 Å². The summed E-state index contributed by atoms with van der Waals surface area (Å²) >= 11 is 0. The van der Waals surface area contributed by atoms with Gasteiger partial charge in [0.25, 0.3) is 0 Å². The Morgan fingerprint density at radius 2 is 1.75 bits per heavy atom. The van der Waals surface area contributed by atoms with E-state index >= 15 is 0 Å². The second kappa shape index (κ2) is 6.04. The van der Waals surface area contributed by atoms with Crippen LogP contribution in [0, 0.1) is 6.92 Å². The number of nitrogens with one attached hydrogen (secondary N) is 3. The summed E-state index contributed by atoms with van der Waals surface area (Å²) in [6.07, 6.45) is 1.74. The van der Waals surface area contributed by atoms with Gasteiger partial charge in [-0.15, -0.1) is 0 Å². The summed E-state index contributed by atoms with van der Waals surface area (Å²) in [7, 11) is 0. The molecule has 4 rings (SSSR count). The molecule has 0 saturated carbocycles. The number of H-pyrrole nitrogens is 1. The van der Waals surface area contributed by atoms with E-state index in [1.165, 1.54) is 5.39 Å². The Kier molecular flexibility index (Phi) is 3.59. The van der Waals surface area contributed by atoms with Crippen LogP contribution in [0.2, 0.25) is 0 Å². The Bertz CT molecular complexity index is 975. The van der Waals surface area contributed by atoms with Crippen molar-refractivity contribution in [2.45, 2.75) is 6.92 Å². The maximum atomic E-state index is 4.51. The molecule has 0 aliphatic carbocycles. The van der Waals surface area contributed by atoms with Crippen molar-refractivity contribution in [3.8, 4) is 0 Å². The van der Waals surface area contributed by atoms with Crippen LogP contribution in [0.25, 0.3) is 10.9 Å². The van der Waals surface area contributed by atoms with Crippen LogP contribution in [0.1, 0.15) is 5.69 Å². The van der Waals surface area contributed by atoms with Gasteiger partial charge in [-0.3, -0.25) is 0 Å². The standard InChI is InChI=1S/C19H17N5/c1-13-11-14-12-16(7-8-17(14)21-13)22-18-9-10-20-19(24-18)23-15-5-3-2-4-6-15/h2-12,21H,1H3,(H2,20,22,23,24). The maximum Gasteiger partial charge on any atom is 0.229 e. The second-order valence-electron chi connectivity index (χ2n) is 5.64. The van der Waals surface area contributed by atoms with Gasteiger partial charge >= 0.3 is 0 Å². The van der Waals surface area contributed by atoms with Crippen molar-refractivity contribution in [3.63, 3.8) is 0 Å². The van der Waals surface area contributed by atoms with E-state index in [-0.39, 0.29) is 0 Å². The van der Waals surface area contributed by atoms with Crippen LogP contribution < -0.4 is 10.6 Å². The molecule has 0 unspecified atom stereocenters. The number of rotatable bonds is 4. The molecule has 0 radical (unpaired) electrons. The number of benzene rings is 2. The highest BCUT2D eigenvalue weighted by Crippen LogP contribution is 2.22. The number of para-hydroxylation sites is 1. The Hall–Kier alpha value is -3.34. The summed E-state index contributed by atoms with van der Waals surface area (Å²) in [6, 6.07) is 20.0. The van der Waals surface area contributed by atoms with E-state index in [2.05, 4.69) is 50.7 Å². The van der Waals surface area contributed by atoms with Crippen LogP contribution in [0.15, 0.2) is 66.9 Å². The molecule has 0 spiro atoms. The first-order valence-electron chi connectivity index (χ1n) is 7.78. The number of aromatic amines is 1. The average Bonchev–Trinajstić information content (AvgIpc) is 2.95. The fraction of sp³-hybridized carbons (Fsp3) is 0.0526. The van der Waals surface area contributed by atoms with Gasteiger partial charge in [0.2, 0.25) is 5.95 Å². The van der Waals surface area contributed by atoms with Crippen LogP contribution in [0.3, 0.4) is 0 Å². The molecule has 0 fully saturated rings. The number of aromatic nitrogens is 3. The lowest BCUT2D eigenvalue weighted by Crippen LogP contribution is -2.00. The molecular formula is C19H17N5. The van der Waals surface area contributed by atoms with Gasteiger partial charge in [-0.05, 0) is 49.4 Å². The number of fused-ring (bicyclic) bond motifs is 1. The third kappa shape index (κ3) is 3.05. The summed E-state index contributed by atoms with van der Waals surface area (Å²) in [5.41, 5.74) is 4.23. The summed E-state index contributed by atoms with van der Waals surface area (Å²) < 4.78 is 0. The average molecular weight is 315 g/mol. The Labute approximate surface area is 139 Å². The minimum absolute atomic E-state index is 0.560.